The fourth-order valence-corrected chi connectivity index (χ4v) is 3.06. The van der Waals surface area contributed by atoms with E-state index in [1.165, 1.54) is 54.4 Å². The van der Waals surface area contributed by atoms with Crippen LogP contribution >= 0.6 is 0 Å². The number of aromatic nitrogens is 1. The number of nitrogens with zero attached hydrogens (tertiary/aromatic N) is 2. The van der Waals surface area contributed by atoms with Crippen LogP contribution in [0.25, 0.3) is 10.9 Å². The minimum Gasteiger partial charge on any atom is -0.350 e. The van der Waals surface area contributed by atoms with E-state index < -0.39 is 0 Å². The Balaban J connectivity index is 1.91. The predicted molar refractivity (Wildman–Crippen MR) is 76.8 cm³/mol. The maximum absolute atomic E-state index is 2.60. The second kappa shape index (κ2) is 4.77. The van der Waals surface area contributed by atoms with E-state index in [1.54, 1.807) is 0 Å². The van der Waals surface area contributed by atoms with Crippen LogP contribution in [-0.4, -0.2) is 22.6 Å². The molecule has 18 heavy (non-hydrogen) atoms. The van der Waals surface area contributed by atoms with Crippen molar-refractivity contribution in [1.29, 1.82) is 0 Å². The van der Waals surface area contributed by atoms with Crippen LogP contribution in [0.2, 0.25) is 0 Å². The minimum absolute atomic E-state index is 1.11. The van der Waals surface area contributed by atoms with Gasteiger partial charge in [-0.3, -0.25) is 4.90 Å². The minimum atomic E-state index is 1.11. The molecule has 1 aliphatic heterocycles. The van der Waals surface area contributed by atoms with E-state index in [-0.39, 0.29) is 0 Å². The average molecular weight is 242 g/mol. The molecule has 3 rings (SSSR count). The lowest BCUT2D eigenvalue weighted by atomic mass is 10.1. The molecule has 0 spiro atoms. The van der Waals surface area contributed by atoms with Gasteiger partial charge in [-0.1, -0.05) is 18.6 Å². The second-order valence-electron chi connectivity index (χ2n) is 5.62. The van der Waals surface area contributed by atoms with Crippen LogP contribution in [-0.2, 0) is 13.6 Å². The van der Waals surface area contributed by atoms with E-state index in [9.17, 15) is 0 Å². The van der Waals surface area contributed by atoms with Crippen LogP contribution in [0.3, 0.4) is 0 Å². The largest absolute Gasteiger partial charge is 0.350 e. The molecule has 0 atom stereocenters. The van der Waals surface area contributed by atoms with Crippen LogP contribution in [0.15, 0.2) is 24.4 Å². The number of fused-ring (bicyclic) bond motifs is 1. The first-order valence-electron chi connectivity index (χ1n) is 7.01. The Kier molecular flexibility index (Phi) is 3.13. The summed E-state index contributed by atoms with van der Waals surface area (Å²) in [5.41, 5.74) is 4.18. The van der Waals surface area contributed by atoms with E-state index in [0.717, 1.165) is 6.54 Å². The van der Waals surface area contributed by atoms with E-state index in [0.29, 0.717) is 0 Å². The van der Waals surface area contributed by atoms with Gasteiger partial charge in [0.2, 0.25) is 0 Å². The van der Waals surface area contributed by atoms with Gasteiger partial charge in [0.15, 0.2) is 0 Å². The van der Waals surface area contributed by atoms with Gasteiger partial charge in [-0.05, 0) is 50.0 Å². The fraction of sp³-hybridized carbons (Fsp3) is 0.500. The van der Waals surface area contributed by atoms with Gasteiger partial charge < -0.3 is 4.57 Å². The molecule has 2 heterocycles. The van der Waals surface area contributed by atoms with Crippen LogP contribution in [0, 0.1) is 6.92 Å². The standard InChI is InChI=1S/C16H22N2/c1-13-6-7-15-14(11-17(2)16(15)10-13)12-18-8-4-3-5-9-18/h6-7,10-11H,3-5,8-9,12H2,1-2H3. The van der Waals surface area contributed by atoms with Gasteiger partial charge in [0, 0.05) is 30.7 Å². The molecule has 2 heteroatoms. The third-order valence-electron chi connectivity index (χ3n) is 4.07. The van der Waals surface area contributed by atoms with Gasteiger partial charge in [0.05, 0.1) is 0 Å². The Hall–Kier alpha value is -1.28. The first-order chi connectivity index (χ1) is 8.74. The summed E-state index contributed by atoms with van der Waals surface area (Å²) in [6.45, 7) is 5.81. The third kappa shape index (κ3) is 2.17. The number of likely N-dealkylation sites (tertiary alicyclic amines) is 1. The van der Waals surface area contributed by atoms with Gasteiger partial charge in [0.1, 0.15) is 0 Å². The summed E-state index contributed by atoms with van der Waals surface area (Å²) in [6, 6.07) is 6.79. The number of piperidine rings is 1. The molecule has 1 aromatic heterocycles. The Morgan fingerprint density at radius 1 is 1.11 bits per heavy atom. The maximum atomic E-state index is 2.60. The summed E-state index contributed by atoms with van der Waals surface area (Å²) in [5, 5.41) is 1.42. The molecule has 0 saturated carbocycles. The van der Waals surface area contributed by atoms with Crippen molar-refractivity contribution < 1.29 is 0 Å². The molecule has 2 aromatic rings. The zero-order valence-electron chi connectivity index (χ0n) is 11.4. The summed E-state index contributed by atoms with van der Waals surface area (Å²) in [7, 11) is 2.15. The number of hydrogen-bond donors (Lipinski definition) is 0. The average Bonchev–Trinajstić information content (AvgIpc) is 2.67. The van der Waals surface area contributed by atoms with Crippen LogP contribution in [0.5, 0.6) is 0 Å². The first kappa shape index (κ1) is 11.8. The van der Waals surface area contributed by atoms with Crippen molar-refractivity contribution in [2.24, 2.45) is 7.05 Å². The summed E-state index contributed by atoms with van der Waals surface area (Å²) in [6.07, 6.45) is 6.44. The molecular formula is C16H22N2. The Morgan fingerprint density at radius 3 is 2.67 bits per heavy atom. The van der Waals surface area contributed by atoms with Crippen LogP contribution in [0.1, 0.15) is 30.4 Å². The van der Waals surface area contributed by atoms with Crippen molar-refractivity contribution in [2.75, 3.05) is 13.1 Å². The summed E-state index contributed by atoms with van der Waals surface area (Å²) < 4.78 is 2.27. The summed E-state index contributed by atoms with van der Waals surface area (Å²) in [4.78, 5) is 2.60. The van der Waals surface area contributed by atoms with Crippen molar-refractivity contribution in [3.05, 3.63) is 35.5 Å². The Morgan fingerprint density at radius 2 is 1.89 bits per heavy atom. The molecule has 0 N–H and O–H groups in total. The number of aryl methyl sites for hydroxylation is 2. The lowest BCUT2D eigenvalue weighted by Crippen LogP contribution is -2.28. The Labute approximate surface area is 109 Å². The number of rotatable bonds is 2. The molecule has 0 aliphatic carbocycles. The van der Waals surface area contributed by atoms with E-state index in [1.807, 2.05) is 0 Å². The fourth-order valence-electron chi connectivity index (χ4n) is 3.06. The zero-order valence-corrected chi connectivity index (χ0v) is 11.4. The van der Waals surface area contributed by atoms with E-state index in [4.69, 9.17) is 0 Å². The Bertz CT molecular complexity index is 547. The highest BCUT2D eigenvalue weighted by molar-refractivity contribution is 5.84. The van der Waals surface area contributed by atoms with Gasteiger partial charge in [0.25, 0.3) is 0 Å². The van der Waals surface area contributed by atoms with E-state index >= 15 is 0 Å². The van der Waals surface area contributed by atoms with Crippen molar-refractivity contribution >= 4 is 10.9 Å². The normalized spacial score (nSPS) is 17.4. The second-order valence-corrected chi connectivity index (χ2v) is 5.62. The third-order valence-corrected chi connectivity index (χ3v) is 4.07. The smallest absolute Gasteiger partial charge is 0.0483 e. The van der Waals surface area contributed by atoms with Crippen molar-refractivity contribution in [1.82, 2.24) is 9.47 Å². The van der Waals surface area contributed by atoms with Gasteiger partial charge >= 0.3 is 0 Å². The lowest BCUT2D eigenvalue weighted by Gasteiger charge is -2.26. The van der Waals surface area contributed by atoms with Crippen LogP contribution in [0.4, 0.5) is 0 Å². The van der Waals surface area contributed by atoms with Gasteiger partial charge in [-0.15, -0.1) is 0 Å². The van der Waals surface area contributed by atoms with Crippen molar-refractivity contribution in [3.8, 4) is 0 Å². The van der Waals surface area contributed by atoms with Crippen molar-refractivity contribution in [2.45, 2.75) is 32.7 Å². The van der Waals surface area contributed by atoms with Crippen molar-refractivity contribution in [3.63, 3.8) is 0 Å². The highest BCUT2D eigenvalue weighted by atomic mass is 15.1. The predicted octanol–water partition coefficient (Wildman–Crippen LogP) is 3.47. The highest BCUT2D eigenvalue weighted by Crippen LogP contribution is 2.24. The molecule has 1 saturated heterocycles. The molecule has 1 fully saturated rings. The molecule has 0 radical (unpaired) electrons. The SMILES string of the molecule is Cc1ccc2c(CN3CCCCC3)cn(C)c2c1. The number of benzene rings is 1. The molecule has 0 amide bonds. The monoisotopic (exact) mass is 242 g/mol. The topological polar surface area (TPSA) is 8.17 Å². The highest BCUT2D eigenvalue weighted by Gasteiger charge is 2.13. The van der Waals surface area contributed by atoms with E-state index in [2.05, 4.69) is 47.8 Å². The van der Waals surface area contributed by atoms with Gasteiger partial charge in [-0.2, -0.15) is 0 Å². The molecule has 96 valence electrons. The lowest BCUT2D eigenvalue weighted by molar-refractivity contribution is 0.221. The molecular weight excluding hydrogens is 220 g/mol. The summed E-state index contributed by atoms with van der Waals surface area (Å²) in [5.74, 6) is 0. The molecule has 0 unspecified atom stereocenters. The first-order valence-corrected chi connectivity index (χ1v) is 7.01. The molecule has 2 nitrogen and oxygen atoms in total. The summed E-state index contributed by atoms with van der Waals surface area (Å²) >= 11 is 0. The quantitative estimate of drug-likeness (QED) is 0.783. The molecule has 1 aromatic carbocycles. The maximum Gasteiger partial charge on any atom is 0.0483 e. The molecule has 0 bridgehead atoms. The zero-order chi connectivity index (χ0) is 12.5. The molecule has 1 aliphatic rings. The van der Waals surface area contributed by atoms with Crippen LogP contribution < -0.4 is 0 Å². The van der Waals surface area contributed by atoms with Gasteiger partial charge in [-0.25, -0.2) is 0 Å². The number of hydrogen-bond acceptors (Lipinski definition) is 1.